The first kappa shape index (κ1) is 30.6. The Morgan fingerprint density at radius 3 is 2.59 bits per heavy atom. The van der Waals surface area contributed by atoms with Crippen LogP contribution < -0.4 is 20.7 Å². The summed E-state index contributed by atoms with van der Waals surface area (Å²) < 4.78 is 26.3. The van der Waals surface area contributed by atoms with E-state index in [1.54, 1.807) is 30.1 Å². The predicted molar refractivity (Wildman–Crippen MR) is 164 cm³/mol. The van der Waals surface area contributed by atoms with Crippen molar-refractivity contribution in [3.8, 4) is 22.8 Å². The molecule has 0 saturated heterocycles. The molecule has 3 heterocycles. The number of carbonyl (C=O) groups excluding carboxylic acids is 2. The van der Waals surface area contributed by atoms with Crippen LogP contribution in [0.3, 0.4) is 0 Å². The van der Waals surface area contributed by atoms with Crippen molar-refractivity contribution in [2.24, 2.45) is 5.92 Å². The number of para-hydroxylation sites is 1. The zero-order valence-electron chi connectivity index (χ0n) is 25.1. The molecular weight excluding hydrogens is 565 g/mol. The van der Waals surface area contributed by atoms with E-state index in [0.717, 1.165) is 30.5 Å². The van der Waals surface area contributed by atoms with Crippen LogP contribution in [0.2, 0.25) is 0 Å². The van der Waals surface area contributed by atoms with Crippen molar-refractivity contribution < 1.29 is 23.5 Å². The molecule has 1 unspecified atom stereocenters. The molecule has 1 aromatic carbocycles. The number of aromatic nitrogens is 4. The quantitative estimate of drug-likeness (QED) is 0.221. The predicted octanol–water partition coefficient (Wildman–Crippen LogP) is 4.87. The van der Waals surface area contributed by atoms with Gasteiger partial charge >= 0.3 is 6.03 Å². The van der Waals surface area contributed by atoms with Crippen LogP contribution in [0.4, 0.5) is 15.0 Å². The lowest BCUT2D eigenvalue weighted by Crippen LogP contribution is -2.40. The van der Waals surface area contributed by atoms with E-state index >= 15 is 0 Å². The van der Waals surface area contributed by atoms with Crippen molar-refractivity contribution in [3.63, 3.8) is 0 Å². The Hall–Kier alpha value is -4.84. The smallest absolute Gasteiger partial charge is 0.320 e. The summed E-state index contributed by atoms with van der Waals surface area (Å²) >= 11 is 0. The first-order valence-corrected chi connectivity index (χ1v) is 14.4. The highest BCUT2D eigenvalue weighted by Crippen LogP contribution is 2.40. The van der Waals surface area contributed by atoms with Gasteiger partial charge in [0.05, 0.1) is 18.5 Å². The summed E-state index contributed by atoms with van der Waals surface area (Å²) in [5.74, 6) is -0.0194. The third kappa shape index (κ3) is 6.55. The number of hydrogen-bond acceptors (Lipinski definition) is 7. The Balaban J connectivity index is 1.46. The average Bonchev–Trinajstić information content (AvgIpc) is 3.59. The number of pyridine rings is 2. The van der Waals surface area contributed by atoms with Crippen molar-refractivity contribution in [2.45, 2.75) is 38.1 Å². The maximum absolute atomic E-state index is 14.0. The molecule has 44 heavy (non-hydrogen) atoms. The summed E-state index contributed by atoms with van der Waals surface area (Å²) in [5.41, 5.74) is 3.59. The number of urea groups is 1. The molecule has 12 heteroatoms. The molecule has 3 atom stereocenters. The van der Waals surface area contributed by atoms with E-state index < -0.39 is 12.0 Å². The number of hydrogen-bond donors (Lipinski definition) is 3. The molecular formula is C32H36FN7O4. The Kier molecular flexibility index (Phi) is 9.49. The summed E-state index contributed by atoms with van der Waals surface area (Å²) in [6.45, 7) is 2.46. The van der Waals surface area contributed by atoms with Crippen molar-refractivity contribution in [1.29, 1.82) is 0 Å². The van der Waals surface area contributed by atoms with Crippen molar-refractivity contribution in [1.82, 2.24) is 30.4 Å². The van der Waals surface area contributed by atoms with E-state index in [9.17, 15) is 14.0 Å². The number of methoxy groups -OCH3 is 2. The second-order valence-corrected chi connectivity index (χ2v) is 10.8. The van der Waals surface area contributed by atoms with E-state index in [-0.39, 0.29) is 29.3 Å². The second kappa shape index (κ2) is 13.6. The molecule has 1 aliphatic rings. The summed E-state index contributed by atoms with van der Waals surface area (Å²) in [6.07, 6.45) is 5.40. The number of ether oxygens (including phenoxy) is 2. The highest BCUT2D eigenvalue weighted by Gasteiger charge is 2.36. The van der Waals surface area contributed by atoms with Gasteiger partial charge in [-0.1, -0.05) is 18.2 Å². The van der Waals surface area contributed by atoms with Crippen LogP contribution in [0, 0.1) is 18.8 Å². The minimum atomic E-state index is -0.548. The molecule has 5 rings (SSSR count). The van der Waals surface area contributed by atoms with E-state index in [1.807, 2.05) is 37.3 Å². The monoisotopic (exact) mass is 601 g/mol. The zero-order chi connectivity index (χ0) is 31.2. The van der Waals surface area contributed by atoms with Gasteiger partial charge in [-0.3, -0.25) is 10.1 Å². The minimum absolute atomic E-state index is 0.0793. The number of nitrogens with one attached hydrogen (secondary N) is 3. The lowest BCUT2D eigenvalue weighted by molar-refractivity contribution is 0.0959. The Bertz CT molecular complexity index is 1630. The molecule has 11 nitrogen and oxygen atoms in total. The van der Waals surface area contributed by atoms with Crippen LogP contribution in [-0.4, -0.2) is 65.6 Å². The fraction of sp³-hybridized carbons (Fsp3) is 0.344. The van der Waals surface area contributed by atoms with E-state index in [1.165, 1.54) is 26.4 Å². The van der Waals surface area contributed by atoms with Gasteiger partial charge in [-0.05, 0) is 68.0 Å². The molecule has 3 aromatic heterocycles. The number of anilines is 1. The topological polar surface area (TPSA) is 132 Å². The summed E-state index contributed by atoms with van der Waals surface area (Å²) in [4.78, 5) is 34.2. The number of nitrogens with zero attached hydrogens (tertiary/aromatic N) is 4. The van der Waals surface area contributed by atoms with Gasteiger partial charge in [0, 0.05) is 56.2 Å². The van der Waals surface area contributed by atoms with Crippen LogP contribution >= 0.6 is 0 Å². The second-order valence-electron chi connectivity index (χ2n) is 10.8. The molecule has 0 radical (unpaired) electrons. The number of halogens is 1. The van der Waals surface area contributed by atoms with Gasteiger partial charge in [0.25, 0.3) is 5.91 Å². The standard InChI is InChI=1S/C32H36FN7O4/c1-19-28(22-16-25(30(41)34-2)31(44-4)36-18-22)39-40(23-8-6-5-7-9-23)29(19)38-32(42)37-26-15-20(11-13-43-3)14-24(26)21-10-12-35-27(33)17-21/h5-10,12,16-18,20,24,26H,11,13-15H2,1-4H3,(H,34,41)(H2,37,38,42)/t20-,24-,26?/m0/s1. The van der Waals surface area contributed by atoms with Gasteiger partial charge in [-0.2, -0.15) is 9.49 Å². The van der Waals surface area contributed by atoms with E-state index in [4.69, 9.17) is 14.6 Å². The first-order valence-electron chi connectivity index (χ1n) is 14.4. The van der Waals surface area contributed by atoms with E-state index in [0.29, 0.717) is 35.2 Å². The number of rotatable bonds is 10. The molecule has 1 aliphatic carbocycles. The zero-order valence-corrected chi connectivity index (χ0v) is 25.1. The Morgan fingerprint density at radius 1 is 1.09 bits per heavy atom. The molecule has 3 N–H and O–H groups in total. The fourth-order valence-electron chi connectivity index (χ4n) is 5.87. The highest BCUT2D eigenvalue weighted by atomic mass is 19.1. The van der Waals surface area contributed by atoms with Crippen LogP contribution in [0.15, 0.2) is 60.9 Å². The number of carbonyl (C=O) groups is 2. The van der Waals surface area contributed by atoms with Gasteiger partial charge in [-0.15, -0.1) is 0 Å². The van der Waals surface area contributed by atoms with Gasteiger partial charge in [0.1, 0.15) is 11.4 Å². The number of benzene rings is 1. The lowest BCUT2D eigenvalue weighted by Gasteiger charge is -2.22. The summed E-state index contributed by atoms with van der Waals surface area (Å²) in [7, 11) is 4.65. The van der Waals surface area contributed by atoms with Gasteiger partial charge in [-0.25, -0.2) is 19.4 Å². The summed E-state index contributed by atoms with van der Waals surface area (Å²) in [5, 5.41) is 13.6. The van der Waals surface area contributed by atoms with Gasteiger partial charge in [0.15, 0.2) is 0 Å². The third-order valence-electron chi connectivity index (χ3n) is 8.03. The third-order valence-corrected chi connectivity index (χ3v) is 8.03. The van der Waals surface area contributed by atoms with Crippen LogP contribution in [0.25, 0.3) is 16.9 Å². The SMILES string of the molecule is CNC(=O)c1cc(-c2nn(-c3ccccc3)c(NC(=O)NC3C[C@@H](CCOC)C[C@H]3c3ccnc(F)c3)c2C)cnc1OC. The normalized spacial score (nSPS) is 17.7. The molecule has 0 aliphatic heterocycles. The molecule has 1 fully saturated rings. The van der Waals surface area contributed by atoms with Crippen LogP contribution in [-0.2, 0) is 4.74 Å². The fourth-order valence-corrected chi connectivity index (χ4v) is 5.87. The molecule has 4 aromatic rings. The molecule has 0 spiro atoms. The molecule has 230 valence electrons. The lowest BCUT2D eigenvalue weighted by atomic mass is 9.94. The minimum Gasteiger partial charge on any atom is -0.480 e. The van der Waals surface area contributed by atoms with Crippen LogP contribution in [0.1, 0.15) is 46.7 Å². The first-order chi connectivity index (χ1) is 21.3. The Morgan fingerprint density at radius 2 is 1.89 bits per heavy atom. The molecule has 1 saturated carbocycles. The molecule has 3 amide bonds. The van der Waals surface area contributed by atoms with Crippen LogP contribution in [0.5, 0.6) is 5.88 Å². The maximum atomic E-state index is 14.0. The van der Waals surface area contributed by atoms with Crippen molar-refractivity contribution in [3.05, 3.63) is 83.6 Å². The summed E-state index contributed by atoms with van der Waals surface area (Å²) in [6, 6.07) is 13.7. The number of amides is 3. The van der Waals surface area contributed by atoms with Crippen molar-refractivity contribution >= 4 is 17.8 Å². The van der Waals surface area contributed by atoms with Crippen molar-refractivity contribution in [2.75, 3.05) is 33.2 Å². The Labute approximate surface area is 255 Å². The largest absolute Gasteiger partial charge is 0.480 e. The van der Waals surface area contributed by atoms with Gasteiger partial charge in [0.2, 0.25) is 11.8 Å². The van der Waals surface area contributed by atoms with E-state index in [2.05, 4.69) is 25.9 Å². The highest BCUT2D eigenvalue weighted by molar-refractivity contribution is 5.97. The maximum Gasteiger partial charge on any atom is 0.320 e. The van der Waals surface area contributed by atoms with Gasteiger partial charge < -0.3 is 20.1 Å². The average molecular weight is 602 g/mol. The molecule has 0 bridgehead atoms.